The van der Waals surface area contributed by atoms with E-state index in [9.17, 15) is 9.90 Å². The third kappa shape index (κ3) is 6.60. The summed E-state index contributed by atoms with van der Waals surface area (Å²) in [5.41, 5.74) is 7.33. The van der Waals surface area contributed by atoms with Crippen molar-refractivity contribution in [1.82, 2.24) is 10.2 Å². The molecule has 10 heteroatoms. The highest BCUT2D eigenvalue weighted by Gasteiger charge is 2.36. The number of aliphatic hydroxyl groups is 1. The summed E-state index contributed by atoms with van der Waals surface area (Å²) in [6.45, 7) is 7.47. The molecule has 0 aliphatic carbocycles. The SMILES string of the molecule is COCCCN1CC[C@@H](CNC(=O)c2cc(Cl)c(N)c3c2OC(C)(C)C3)[C@H](O)C1.Cl.O. The van der Waals surface area contributed by atoms with Gasteiger partial charge in [0.2, 0.25) is 0 Å². The first-order chi connectivity index (χ1) is 13.7. The lowest BCUT2D eigenvalue weighted by Gasteiger charge is -2.36. The van der Waals surface area contributed by atoms with Crippen LogP contribution in [0.3, 0.4) is 0 Å². The molecule has 2 atom stereocenters. The second kappa shape index (κ2) is 11.5. The number of nitrogens with one attached hydrogen (secondary N) is 1. The molecule has 3 rings (SSSR count). The first-order valence-electron chi connectivity index (χ1n) is 10.2. The minimum Gasteiger partial charge on any atom is -0.486 e. The number of hydrogen-bond acceptors (Lipinski definition) is 6. The molecule has 1 aromatic rings. The van der Waals surface area contributed by atoms with Gasteiger partial charge in [0.1, 0.15) is 11.4 Å². The van der Waals surface area contributed by atoms with Crippen LogP contribution in [-0.2, 0) is 11.2 Å². The number of hydrogen-bond donors (Lipinski definition) is 3. The highest BCUT2D eigenvalue weighted by Crippen LogP contribution is 2.44. The molecule has 6 N–H and O–H groups in total. The number of likely N-dealkylation sites (tertiary alicyclic amines) is 1. The summed E-state index contributed by atoms with van der Waals surface area (Å²) >= 11 is 6.26. The molecule has 1 amide bonds. The van der Waals surface area contributed by atoms with Gasteiger partial charge in [-0.3, -0.25) is 4.79 Å². The fraction of sp³-hybridized carbons (Fsp3) is 0.667. The number of methoxy groups -OCH3 is 1. The number of anilines is 1. The third-order valence-corrected chi connectivity index (χ3v) is 6.06. The van der Waals surface area contributed by atoms with E-state index in [1.165, 1.54) is 0 Å². The number of fused-ring (bicyclic) bond motifs is 1. The number of nitrogens with zero attached hydrogens (tertiary/aromatic N) is 1. The number of amides is 1. The molecule has 2 aliphatic rings. The lowest BCUT2D eigenvalue weighted by molar-refractivity contribution is 0.0192. The number of nitrogen functional groups attached to an aromatic ring is 1. The van der Waals surface area contributed by atoms with Crippen molar-refractivity contribution in [3.63, 3.8) is 0 Å². The normalized spacial score (nSPS) is 22.0. The number of nitrogens with two attached hydrogens (primary N) is 1. The van der Waals surface area contributed by atoms with Crippen LogP contribution >= 0.6 is 24.0 Å². The van der Waals surface area contributed by atoms with Gasteiger partial charge in [0.15, 0.2) is 0 Å². The fourth-order valence-electron chi connectivity index (χ4n) is 4.14. The summed E-state index contributed by atoms with van der Waals surface area (Å²) in [7, 11) is 1.69. The van der Waals surface area contributed by atoms with Crippen LogP contribution in [0.25, 0.3) is 0 Å². The molecule has 31 heavy (non-hydrogen) atoms. The van der Waals surface area contributed by atoms with Gasteiger partial charge >= 0.3 is 0 Å². The maximum Gasteiger partial charge on any atom is 0.255 e. The van der Waals surface area contributed by atoms with Crippen LogP contribution < -0.4 is 15.8 Å². The lowest BCUT2D eigenvalue weighted by atomic mass is 9.93. The Labute approximate surface area is 195 Å². The van der Waals surface area contributed by atoms with Crippen molar-refractivity contribution >= 4 is 35.6 Å². The molecule has 2 heterocycles. The average Bonchev–Trinajstić information content (AvgIpc) is 2.99. The van der Waals surface area contributed by atoms with Gasteiger partial charge in [-0.25, -0.2) is 0 Å². The molecule has 0 bridgehead atoms. The van der Waals surface area contributed by atoms with E-state index in [0.29, 0.717) is 41.5 Å². The molecular weight excluding hydrogens is 445 g/mol. The number of ether oxygens (including phenoxy) is 2. The van der Waals surface area contributed by atoms with E-state index in [1.807, 2.05) is 13.8 Å². The van der Waals surface area contributed by atoms with E-state index in [2.05, 4.69) is 10.2 Å². The van der Waals surface area contributed by atoms with Gasteiger partial charge in [0.05, 0.1) is 22.4 Å². The van der Waals surface area contributed by atoms with Crippen molar-refractivity contribution in [2.24, 2.45) is 5.92 Å². The van der Waals surface area contributed by atoms with Gasteiger partial charge < -0.3 is 36.0 Å². The summed E-state index contributed by atoms with van der Waals surface area (Å²) in [6, 6.07) is 1.57. The molecule has 0 aromatic heterocycles. The Morgan fingerprint density at radius 3 is 2.84 bits per heavy atom. The maximum atomic E-state index is 12.9. The fourth-order valence-corrected chi connectivity index (χ4v) is 4.36. The Hall–Kier alpha value is -1.29. The van der Waals surface area contributed by atoms with Gasteiger partial charge in [-0.05, 0) is 39.3 Å². The molecule has 0 radical (unpaired) electrons. The molecule has 178 valence electrons. The predicted molar refractivity (Wildman–Crippen MR) is 125 cm³/mol. The molecular formula is C21H35Cl2N3O5. The van der Waals surface area contributed by atoms with Gasteiger partial charge in [-0.15, -0.1) is 12.4 Å². The van der Waals surface area contributed by atoms with Crippen LogP contribution in [0.5, 0.6) is 5.75 Å². The minimum atomic E-state index is -0.470. The number of carbonyl (C=O) groups is 1. The van der Waals surface area contributed by atoms with Crippen molar-refractivity contribution < 1.29 is 24.9 Å². The number of aliphatic hydroxyl groups excluding tert-OH is 1. The van der Waals surface area contributed by atoms with Gasteiger partial charge in [-0.1, -0.05) is 11.6 Å². The van der Waals surface area contributed by atoms with Crippen molar-refractivity contribution in [3.8, 4) is 5.75 Å². The van der Waals surface area contributed by atoms with Crippen LogP contribution in [0.4, 0.5) is 5.69 Å². The van der Waals surface area contributed by atoms with Crippen LogP contribution in [-0.4, -0.2) is 73.0 Å². The zero-order chi connectivity index (χ0) is 21.2. The Balaban J connectivity index is 0.00000240. The lowest BCUT2D eigenvalue weighted by Crippen LogP contribution is -2.48. The second-order valence-corrected chi connectivity index (χ2v) is 9.05. The summed E-state index contributed by atoms with van der Waals surface area (Å²) < 4.78 is 11.1. The quantitative estimate of drug-likeness (QED) is 0.403. The first-order valence-corrected chi connectivity index (χ1v) is 10.6. The summed E-state index contributed by atoms with van der Waals surface area (Å²) in [5.74, 6) is 0.283. The van der Waals surface area contributed by atoms with E-state index in [4.69, 9.17) is 26.8 Å². The van der Waals surface area contributed by atoms with E-state index in [-0.39, 0.29) is 29.7 Å². The van der Waals surface area contributed by atoms with Crippen LogP contribution in [0.1, 0.15) is 42.6 Å². The molecule has 0 saturated carbocycles. The molecule has 1 saturated heterocycles. The van der Waals surface area contributed by atoms with Crippen LogP contribution in [0.2, 0.25) is 5.02 Å². The van der Waals surface area contributed by atoms with E-state index in [1.54, 1.807) is 13.2 Å². The van der Waals surface area contributed by atoms with Gasteiger partial charge in [0, 0.05) is 51.3 Å². The van der Waals surface area contributed by atoms with Gasteiger partial charge in [0.25, 0.3) is 5.91 Å². The highest BCUT2D eigenvalue weighted by molar-refractivity contribution is 6.33. The summed E-state index contributed by atoms with van der Waals surface area (Å²) in [5, 5.41) is 13.8. The number of rotatable bonds is 7. The number of carbonyl (C=O) groups excluding carboxylic acids is 1. The third-order valence-electron chi connectivity index (χ3n) is 5.75. The second-order valence-electron chi connectivity index (χ2n) is 8.64. The van der Waals surface area contributed by atoms with Crippen LogP contribution in [0.15, 0.2) is 6.07 Å². The standard InChI is InChI=1S/C21H32ClN3O4.ClH.H2O/c1-21(2)10-15-18(23)16(22)9-14(19(15)29-21)20(27)24-11-13-5-7-25(12-17(13)26)6-4-8-28-3;;/h9,13,17,26H,4-8,10-12,23H2,1-3H3,(H,24,27);1H;1H2/t13-,17+;;/m0../s1. The predicted octanol–water partition coefficient (Wildman–Crippen LogP) is 1.68. The topological polar surface area (TPSA) is 129 Å². The molecule has 0 spiro atoms. The summed E-state index contributed by atoms with van der Waals surface area (Å²) in [6.07, 6.45) is 1.92. The number of piperidine rings is 1. The highest BCUT2D eigenvalue weighted by atomic mass is 35.5. The Kier molecular flexibility index (Phi) is 10.3. The van der Waals surface area contributed by atoms with E-state index < -0.39 is 11.7 Å². The van der Waals surface area contributed by atoms with Crippen LogP contribution in [0, 0.1) is 5.92 Å². The number of β-amino-alcohol motifs (C(OH)–C–C–N with tert-alkyl or cyclic N) is 1. The average molecular weight is 480 g/mol. The molecule has 1 fully saturated rings. The van der Waals surface area contributed by atoms with Crippen molar-refractivity contribution in [1.29, 1.82) is 0 Å². The largest absolute Gasteiger partial charge is 0.486 e. The summed E-state index contributed by atoms with van der Waals surface area (Å²) in [4.78, 5) is 15.1. The van der Waals surface area contributed by atoms with Crippen molar-refractivity contribution in [2.75, 3.05) is 45.6 Å². The molecule has 1 aromatic carbocycles. The van der Waals surface area contributed by atoms with Crippen molar-refractivity contribution in [2.45, 2.75) is 44.8 Å². The van der Waals surface area contributed by atoms with E-state index >= 15 is 0 Å². The smallest absolute Gasteiger partial charge is 0.255 e. The monoisotopic (exact) mass is 479 g/mol. The zero-order valence-electron chi connectivity index (χ0n) is 18.4. The molecule has 2 aliphatic heterocycles. The number of benzene rings is 1. The Morgan fingerprint density at radius 1 is 1.48 bits per heavy atom. The Morgan fingerprint density at radius 2 is 2.19 bits per heavy atom. The van der Waals surface area contributed by atoms with Gasteiger partial charge in [-0.2, -0.15) is 0 Å². The zero-order valence-corrected chi connectivity index (χ0v) is 19.9. The molecule has 0 unspecified atom stereocenters. The Bertz CT molecular complexity index is 763. The molecule has 8 nitrogen and oxygen atoms in total. The number of halogens is 2. The van der Waals surface area contributed by atoms with E-state index in [0.717, 1.165) is 38.1 Å². The first kappa shape index (κ1) is 27.7. The minimum absolute atomic E-state index is 0. The van der Waals surface area contributed by atoms with Crippen molar-refractivity contribution in [3.05, 3.63) is 22.2 Å². The maximum absolute atomic E-state index is 12.9.